The van der Waals surface area contributed by atoms with Crippen LogP contribution in [0.5, 0.6) is 0 Å². The summed E-state index contributed by atoms with van der Waals surface area (Å²) < 4.78 is 8.96. The molecule has 2 amide bonds. The molecule has 4 heterocycles. The van der Waals surface area contributed by atoms with Crippen molar-refractivity contribution in [3.8, 4) is 0 Å². The number of ether oxygens (including phenoxy) is 1. The first-order valence-electron chi connectivity index (χ1n) is 10.0. The van der Waals surface area contributed by atoms with E-state index in [0.717, 1.165) is 28.2 Å². The third-order valence-electron chi connectivity index (χ3n) is 4.91. The molecule has 2 aromatic rings. The van der Waals surface area contributed by atoms with E-state index in [9.17, 15) is 29.4 Å². The van der Waals surface area contributed by atoms with E-state index in [0.29, 0.717) is 5.00 Å². The van der Waals surface area contributed by atoms with Gasteiger partial charge >= 0.3 is 12.1 Å². The molecule has 1 fully saturated rings. The number of carbonyl (C=O) groups excluding carboxylic acids is 2. The fourth-order valence-corrected chi connectivity index (χ4v) is 6.44. The van der Waals surface area contributed by atoms with Crippen molar-refractivity contribution in [3.63, 3.8) is 0 Å². The molecule has 37 heavy (non-hydrogen) atoms. The number of rotatable bonds is 10. The van der Waals surface area contributed by atoms with Crippen LogP contribution < -0.4 is 11.1 Å². The topological polar surface area (TPSA) is 248 Å². The highest BCUT2D eigenvalue weighted by Crippen LogP contribution is 2.44. The molecule has 2 aliphatic heterocycles. The maximum absolute atomic E-state index is 13.1. The Morgan fingerprint density at radius 3 is 2.81 bits per heavy atom. The molecule has 3 atom stereocenters. The lowest BCUT2D eigenvalue weighted by Gasteiger charge is -2.49. The zero-order chi connectivity index (χ0) is 26.7. The van der Waals surface area contributed by atoms with Crippen LogP contribution >= 0.6 is 35.1 Å². The van der Waals surface area contributed by atoms with E-state index in [1.807, 2.05) is 0 Å². The average molecular weight is 572 g/mol. The summed E-state index contributed by atoms with van der Waals surface area (Å²) in [6.07, 6.45) is -2.14. The molecular formula is C17H17N9O8S3. The molecule has 0 aliphatic carbocycles. The predicted molar refractivity (Wildman–Crippen MR) is 127 cm³/mol. The lowest BCUT2D eigenvalue weighted by Crippen LogP contribution is -2.70. The summed E-state index contributed by atoms with van der Waals surface area (Å²) >= 11 is 3.04. The Labute approximate surface area is 219 Å². The van der Waals surface area contributed by atoms with Gasteiger partial charge in [-0.05, 0) is 16.7 Å². The van der Waals surface area contributed by atoms with Crippen LogP contribution in [0.4, 0.5) is 9.80 Å². The smallest absolute Gasteiger partial charge is 0.481 e. The fraction of sp³-hybridized carbons (Fsp3) is 0.353. The minimum atomic E-state index is -1.70. The molecule has 196 valence electrons. The number of thioether (sulfide) groups is 2. The van der Waals surface area contributed by atoms with Crippen molar-refractivity contribution in [2.45, 2.75) is 28.2 Å². The number of hydrogen-bond acceptors (Lipinski definition) is 15. The van der Waals surface area contributed by atoms with Gasteiger partial charge in [-0.2, -0.15) is 9.59 Å². The number of aromatic nitrogens is 5. The van der Waals surface area contributed by atoms with Gasteiger partial charge in [0.25, 0.3) is 11.8 Å². The lowest BCUT2D eigenvalue weighted by atomic mass is 10.0. The number of oxime groups is 1. The Morgan fingerprint density at radius 2 is 2.22 bits per heavy atom. The van der Waals surface area contributed by atoms with Crippen molar-refractivity contribution in [1.29, 1.82) is 0 Å². The van der Waals surface area contributed by atoms with Gasteiger partial charge in [0, 0.05) is 17.4 Å². The van der Waals surface area contributed by atoms with Gasteiger partial charge in [-0.1, -0.05) is 16.9 Å². The predicted octanol–water partition coefficient (Wildman–Crippen LogP) is -0.469. The van der Waals surface area contributed by atoms with E-state index in [2.05, 4.69) is 35.5 Å². The number of hydrogen-bond donors (Lipinski definition) is 5. The van der Waals surface area contributed by atoms with Crippen LogP contribution in [-0.4, -0.2) is 99.3 Å². The Morgan fingerprint density at radius 1 is 1.43 bits per heavy atom. The van der Waals surface area contributed by atoms with Gasteiger partial charge in [-0.15, -0.1) is 22.0 Å². The van der Waals surface area contributed by atoms with Crippen molar-refractivity contribution < 1.29 is 39.0 Å². The molecule has 6 N–H and O–H groups in total. The van der Waals surface area contributed by atoms with Gasteiger partial charge in [-0.25, -0.2) is 4.79 Å². The van der Waals surface area contributed by atoms with E-state index in [1.54, 1.807) is 0 Å². The number of aromatic amines is 1. The number of carboxylic acids is 1. The van der Waals surface area contributed by atoms with Gasteiger partial charge in [0.15, 0.2) is 5.71 Å². The molecule has 20 heteroatoms. The number of nitrogens with two attached hydrogens (primary N) is 1. The summed E-state index contributed by atoms with van der Waals surface area (Å²) in [5, 5.41) is 37.0. The van der Waals surface area contributed by atoms with Gasteiger partial charge in [0.2, 0.25) is 11.0 Å². The number of nitrogens with one attached hydrogen (secondary N) is 2. The summed E-state index contributed by atoms with van der Waals surface area (Å²) in [7, 11) is 1.23. The first-order valence-corrected chi connectivity index (χ1v) is 12.7. The van der Waals surface area contributed by atoms with Crippen LogP contribution in [0.1, 0.15) is 12.1 Å². The number of nitrogen functional groups attached to an aromatic ring is 1. The third kappa shape index (κ3) is 5.59. The first kappa shape index (κ1) is 26.2. The summed E-state index contributed by atoms with van der Waals surface area (Å²) in [6, 6.07) is 0.358. The summed E-state index contributed by atoms with van der Waals surface area (Å²) in [4.78, 5) is 54.7. The van der Waals surface area contributed by atoms with Gasteiger partial charge < -0.3 is 30.8 Å². The largest absolute Gasteiger partial charge is 0.512 e. The number of amides is 2. The lowest BCUT2D eigenvalue weighted by molar-refractivity contribution is -0.148. The SMILES string of the molecule is CO/N=C(\C(=O)N[C@@H]1C(=O)N2C(OC(=O)O)=C(C(CC(=O)O)Sc3nn[nH]n3)CS[C@@H]12)c1cc(N)sn1. The highest BCUT2D eigenvalue weighted by Gasteiger charge is 2.55. The van der Waals surface area contributed by atoms with Crippen molar-refractivity contribution >= 4 is 69.7 Å². The molecule has 1 saturated heterocycles. The van der Waals surface area contributed by atoms with Crippen LogP contribution in [0.15, 0.2) is 27.8 Å². The Balaban J connectivity index is 1.59. The normalized spacial score (nSPS) is 20.1. The molecule has 0 radical (unpaired) electrons. The van der Waals surface area contributed by atoms with Crippen molar-refractivity contribution in [2.75, 3.05) is 18.6 Å². The number of fused-ring (bicyclic) bond motifs is 1. The summed E-state index contributed by atoms with van der Waals surface area (Å²) in [5.41, 5.74) is 5.84. The Bertz CT molecular complexity index is 1280. The summed E-state index contributed by atoms with van der Waals surface area (Å²) in [6.45, 7) is 0. The fourth-order valence-electron chi connectivity index (χ4n) is 3.43. The van der Waals surface area contributed by atoms with Crippen LogP contribution in [0.2, 0.25) is 0 Å². The molecule has 2 aliphatic rings. The van der Waals surface area contributed by atoms with Crippen LogP contribution in [0.3, 0.4) is 0 Å². The van der Waals surface area contributed by atoms with E-state index in [-0.39, 0.29) is 33.8 Å². The highest BCUT2D eigenvalue weighted by molar-refractivity contribution is 8.01. The number of carbonyl (C=O) groups is 4. The number of nitrogens with zero attached hydrogens (tertiary/aromatic N) is 6. The number of β-lactam (4-membered cyclic amide) rings is 1. The van der Waals surface area contributed by atoms with Crippen LogP contribution in [0, 0.1) is 0 Å². The van der Waals surface area contributed by atoms with Gasteiger partial charge in [0.1, 0.15) is 29.2 Å². The molecule has 2 aromatic heterocycles. The third-order valence-corrected chi connectivity index (χ3v) is 7.95. The maximum atomic E-state index is 13.1. The molecule has 0 saturated carbocycles. The van der Waals surface area contributed by atoms with Gasteiger partial charge in [0.05, 0.1) is 11.7 Å². The molecule has 1 unspecified atom stereocenters. The second kappa shape index (κ2) is 11.0. The minimum absolute atomic E-state index is 0.0911. The van der Waals surface area contributed by atoms with Crippen molar-refractivity contribution in [2.24, 2.45) is 5.16 Å². The highest BCUT2D eigenvalue weighted by atomic mass is 32.2. The quantitative estimate of drug-likeness (QED) is 0.0795. The van der Waals surface area contributed by atoms with E-state index >= 15 is 0 Å². The Kier molecular flexibility index (Phi) is 7.78. The Hall–Kier alpha value is -3.91. The van der Waals surface area contributed by atoms with Gasteiger partial charge in [-0.3, -0.25) is 19.3 Å². The van der Waals surface area contributed by atoms with E-state index in [4.69, 9.17) is 15.3 Å². The van der Waals surface area contributed by atoms with E-state index in [1.165, 1.54) is 24.9 Å². The maximum Gasteiger partial charge on any atom is 0.512 e. The van der Waals surface area contributed by atoms with E-state index < -0.39 is 47.0 Å². The standard InChI is InChI=1S/C17H17N9O8S3/c1-33-22-10(6-2-8(18)37-23-6)12(29)19-11-13(30)26-14(34-17(31)32)5(4-35-15(11)26)7(3-9(27)28)36-16-20-24-25-21-16/h2,7,11,15H,3-4,18H2,1H3,(H,19,29)(H,27,28)(H,31,32)(H,20,21,24,25)/b22-10-/t7?,11-,15+/m1/s1. The summed E-state index contributed by atoms with van der Waals surface area (Å²) in [5.74, 6) is -2.85. The average Bonchev–Trinajstić information content (AvgIpc) is 3.51. The number of anilines is 1. The second-order valence-corrected chi connectivity index (χ2v) is 10.3. The second-order valence-electron chi connectivity index (χ2n) is 7.20. The number of aliphatic carboxylic acids is 1. The molecule has 0 aromatic carbocycles. The van der Waals surface area contributed by atoms with Crippen LogP contribution in [-0.2, 0) is 24.0 Å². The van der Waals surface area contributed by atoms with Crippen LogP contribution in [0.25, 0.3) is 0 Å². The zero-order valence-electron chi connectivity index (χ0n) is 18.6. The first-order chi connectivity index (χ1) is 17.7. The minimum Gasteiger partial charge on any atom is -0.481 e. The monoisotopic (exact) mass is 571 g/mol. The van der Waals surface area contributed by atoms with Crippen molar-refractivity contribution in [3.05, 3.63) is 23.2 Å². The molecular weight excluding hydrogens is 554 g/mol. The number of carboxylic acid groups (broad SMARTS) is 2. The zero-order valence-corrected chi connectivity index (χ0v) is 21.0. The number of tetrazole rings is 1. The molecule has 0 bridgehead atoms. The molecule has 0 spiro atoms. The molecule has 17 nitrogen and oxygen atoms in total. The number of H-pyrrole nitrogens is 1. The molecule has 4 rings (SSSR count). The van der Waals surface area contributed by atoms with Crippen molar-refractivity contribution in [1.82, 2.24) is 35.2 Å².